The van der Waals surface area contributed by atoms with E-state index in [9.17, 15) is 0 Å². The lowest BCUT2D eigenvalue weighted by molar-refractivity contribution is 0.881. The van der Waals surface area contributed by atoms with Crippen molar-refractivity contribution in [3.63, 3.8) is 0 Å². The smallest absolute Gasteiger partial charge is 0.178 e. The minimum Gasteiger partial charge on any atom is -0.355 e. The molecule has 2 N–H and O–H groups in total. The van der Waals surface area contributed by atoms with E-state index in [1.165, 1.54) is 11.1 Å². The van der Waals surface area contributed by atoms with Crippen LogP contribution < -0.4 is 5.32 Å². The van der Waals surface area contributed by atoms with E-state index >= 15 is 0 Å². The third kappa shape index (κ3) is 2.91. The Bertz CT molecular complexity index is 734. The topological polar surface area (TPSA) is 66.5 Å². The number of anilines is 2. The summed E-state index contributed by atoms with van der Waals surface area (Å²) in [6.07, 6.45) is 0.643. The monoisotopic (exact) mass is 279 g/mol. The first kappa shape index (κ1) is 13.3. The van der Waals surface area contributed by atoms with Crippen LogP contribution in [0.25, 0.3) is 0 Å². The summed E-state index contributed by atoms with van der Waals surface area (Å²) in [6, 6.07) is 14.4. The van der Waals surface area contributed by atoms with Gasteiger partial charge in [-0.3, -0.25) is 0 Å². The van der Waals surface area contributed by atoms with Crippen LogP contribution in [0.15, 0.2) is 42.5 Å². The van der Waals surface area contributed by atoms with Crippen molar-refractivity contribution >= 4 is 11.4 Å². The fourth-order valence-electron chi connectivity index (χ4n) is 2.26. The number of aromatic amines is 1. The number of aromatic nitrogens is 4. The number of para-hydroxylation sites is 1. The van der Waals surface area contributed by atoms with Gasteiger partial charge in [0.05, 0.1) is 0 Å². The summed E-state index contributed by atoms with van der Waals surface area (Å²) in [4.78, 5) is 0. The molecular formula is C16H17N5. The van der Waals surface area contributed by atoms with Gasteiger partial charge in [-0.1, -0.05) is 35.5 Å². The van der Waals surface area contributed by atoms with E-state index in [1.54, 1.807) is 0 Å². The molecule has 1 aromatic heterocycles. The van der Waals surface area contributed by atoms with Gasteiger partial charge in [0.15, 0.2) is 5.82 Å². The molecule has 1 heterocycles. The number of H-pyrrole nitrogens is 1. The maximum Gasteiger partial charge on any atom is 0.178 e. The molecule has 0 aliphatic rings. The highest BCUT2D eigenvalue weighted by molar-refractivity contribution is 5.67. The average molecular weight is 279 g/mol. The van der Waals surface area contributed by atoms with E-state index < -0.39 is 0 Å². The van der Waals surface area contributed by atoms with Crippen molar-refractivity contribution in [1.29, 1.82) is 0 Å². The number of nitrogens with zero attached hydrogens (tertiary/aromatic N) is 3. The molecule has 0 atom stereocenters. The lowest BCUT2D eigenvalue weighted by Crippen LogP contribution is -2.00. The standard InChI is InChI=1S/C16H17N5/c1-11-6-5-9-14(12(11)2)17-15-8-4-3-7-13(15)10-16-18-20-21-19-16/h3-9,17H,10H2,1-2H3,(H,18,19,20,21). The summed E-state index contributed by atoms with van der Waals surface area (Å²) in [7, 11) is 0. The molecule has 0 amide bonds. The Morgan fingerprint density at radius 3 is 2.62 bits per heavy atom. The molecule has 5 nitrogen and oxygen atoms in total. The van der Waals surface area contributed by atoms with Crippen LogP contribution in [0.4, 0.5) is 11.4 Å². The van der Waals surface area contributed by atoms with Crippen LogP contribution in [0.3, 0.4) is 0 Å². The summed E-state index contributed by atoms with van der Waals surface area (Å²) < 4.78 is 0. The zero-order chi connectivity index (χ0) is 14.7. The van der Waals surface area contributed by atoms with E-state index in [4.69, 9.17) is 0 Å². The van der Waals surface area contributed by atoms with Gasteiger partial charge in [0.2, 0.25) is 0 Å². The highest BCUT2D eigenvalue weighted by Crippen LogP contribution is 2.26. The molecule has 2 aromatic carbocycles. The third-order valence-electron chi connectivity index (χ3n) is 3.63. The predicted octanol–water partition coefficient (Wildman–Crippen LogP) is 3.15. The molecular weight excluding hydrogens is 262 g/mol. The zero-order valence-corrected chi connectivity index (χ0v) is 12.1. The first-order chi connectivity index (χ1) is 10.2. The predicted molar refractivity (Wildman–Crippen MR) is 82.6 cm³/mol. The number of tetrazole rings is 1. The van der Waals surface area contributed by atoms with Crippen LogP contribution in [0.1, 0.15) is 22.5 Å². The summed E-state index contributed by atoms with van der Waals surface area (Å²) in [6.45, 7) is 4.24. The van der Waals surface area contributed by atoms with Crippen molar-refractivity contribution in [2.45, 2.75) is 20.3 Å². The molecule has 3 aromatic rings. The molecule has 21 heavy (non-hydrogen) atoms. The van der Waals surface area contributed by atoms with E-state index in [2.05, 4.69) is 70.1 Å². The second-order valence-corrected chi connectivity index (χ2v) is 5.03. The van der Waals surface area contributed by atoms with Crippen LogP contribution in [0.5, 0.6) is 0 Å². The zero-order valence-electron chi connectivity index (χ0n) is 12.1. The normalized spacial score (nSPS) is 10.6. The van der Waals surface area contributed by atoms with Gasteiger partial charge in [0, 0.05) is 17.8 Å². The summed E-state index contributed by atoms with van der Waals surface area (Å²) in [5.41, 5.74) is 5.86. The SMILES string of the molecule is Cc1cccc(Nc2ccccc2Cc2nn[nH]n2)c1C. The largest absolute Gasteiger partial charge is 0.355 e. The minimum atomic E-state index is 0.643. The van der Waals surface area contributed by atoms with Crippen LogP contribution in [0.2, 0.25) is 0 Å². The van der Waals surface area contributed by atoms with E-state index in [-0.39, 0.29) is 0 Å². The molecule has 106 valence electrons. The van der Waals surface area contributed by atoms with E-state index in [0.29, 0.717) is 12.2 Å². The highest BCUT2D eigenvalue weighted by Gasteiger charge is 2.08. The molecule has 0 saturated carbocycles. The number of hydrogen-bond donors (Lipinski definition) is 2. The van der Waals surface area contributed by atoms with E-state index in [0.717, 1.165) is 16.9 Å². The minimum absolute atomic E-state index is 0.643. The Kier molecular flexibility index (Phi) is 3.64. The van der Waals surface area contributed by atoms with Crippen LogP contribution >= 0.6 is 0 Å². The summed E-state index contributed by atoms with van der Waals surface area (Å²) in [5.74, 6) is 0.685. The van der Waals surface area contributed by atoms with Gasteiger partial charge in [-0.05, 0) is 42.7 Å². The van der Waals surface area contributed by atoms with Crippen molar-refractivity contribution in [2.24, 2.45) is 0 Å². The summed E-state index contributed by atoms with van der Waals surface area (Å²) >= 11 is 0. The number of rotatable bonds is 4. The van der Waals surface area contributed by atoms with Gasteiger partial charge in [0.1, 0.15) is 0 Å². The second kappa shape index (κ2) is 5.75. The Morgan fingerprint density at radius 1 is 1.00 bits per heavy atom. The van der Waals surface area contributed by atoms with Crippen molar-refractivity contribution < 1.29 is 0 Å². The molecule has 0 radical (unpaired) electrons. The van der Waals surface area contributed by atoms with Crippen molar-refractivity contribution in [2.75, 3.05) is 5.32 Å². The van der Waals surface area contributed by atoms with Gasteiger partial charge < -0.3 is 5.32 Å². The number of benzene rings is 2. The van der Waals surface area contributed by atoms with E-state index in [1.807, 2.05) is 12.1 Å². The highest BCUT2D eigenvalue weighted by atomic mass is 15.5. The molecule has 5 heteroatoms. The van der Waals surface area contributed by atoms with Gasteiger partial charge in [0.25, 0.3) is 0 Å². The lowest BCUT2D eigenvalue weighted by atomic mass is 10.1. The van der Waals surface area contributed by atoms with Gasteiger partial charge in [-0.25, -0.2) is 0 Å². The summed E-state index contributed by atoms with van der Waals surface area (Å²) in [5, 5.41) is 17.6. The van der Waals surface area contributed by atoms with Crippen molar-refractivity contribution in [1.82, 2.24) is 20.6 Å². The Labute approximate surface area is 123 Å². The Hall–Kier alpha value is -2.69. The molecule has 0 bridgehead atoms. The Morgan fingerprint density at radius 2 is 1.81 bits per heavy atom. The molecule has 3 rings (SSSR count). The van der Waals surface area contributed by atoms with Gasteiger partial charge >= 0.3 is 0 Å². The Balaban J connectivity index is 1.90. The average Bonchev–Trinajstić information content (AvgIpc) is 2.99. The van der Waals surface area contributed by atoms with Gasteiger partial charge in [-0.15, -0.1) is 10.2 Å². The first-order valence-electron chi connectivity index (χ1n) is 6.87. The first-order valence-corrected chi connectivity index (χ1v) is 6.87. The lowest BCUT2D eigenvalue weighted by Gasteiger charge is -2.14. The second-order valence-electron chi connectivity index (χ2n) is 5.03. The van der Waals surface area contributed by atoms with Crippen LogP contribution in [0, 0.1) is 13.8 Å². The molecule has 0 saturated heterocycles. The maximum atomic E-state index is 4.02. The maximum absolute atomic E-state index is 4.02. The van der Waals surface area contributed by atoms with Crippen molar-refractivity contribution in [3.8, 4) is 0 Å². The fourth-order valence-corrected chi connectivity index (χ4v) is 2.26. The molecule has 0 aliphatic heterocycles. The third-order valence-corrected chi connectivity index (χ3v) is 3.63. The number of nitrogens with one attached hydrogen (secondary N) is 2. The van der Waals surface area contributed by atoms with Crippen molar-refractivity contribution in [3.05, 3.63) is 65.0 Å². The quantitative estimate of drug-likeness (QED) is 0.770. The number of hydrogen-bond acceptors (Lipinski definition) is 4. The molecule has 0 aliphatic carbocycles. The number of aryl methyl sites for hydroxylation is 1. The van der Waals surface area contributed by atoms with Crippen LogP contribution in [-0.2, 0) is 6.42 Å². The van der Waals surface area contributed by atoms with Gasteiger partial charge in [-0.2, -0.15) is 5.21 Å². The van der Waals surface area contributed by atoms with Crippen LogP contribution in [-0.4, -0.2) is 20.6 Å². The fraction of sp³-hybridized carbons (Fsp3) is 0.188. The molecule has 0 unspecified atom stereocenters. The molecule has 0 spiro atoms. The molecule has 0 fully saturated rings.